The molecule has 0 saturated heterocycles. The SMILES string of the molecule is CCc1cc2ccc(C(C#N)(CCOc3ccccc3)C3CC3)cc2[nH]c1=O. The molecule has 28 heavy (non-hydrogen) atoms. The van der Waals surface area contributed by atoms with Crippen molar-refractivity contribution in [1.29, 1.82) is 5.26 Å². The lowest BCUT2D eigenvalue weighted by atomic mass is 9.74. The summed E-state index contributed by atoms with van der Waals surface area (Å²) in [4.78, 5) is 15.2. The molecular weight excluding hydrogens is 348 g/mol. The molecule has 2 aromatic carbocycles. The fourth-order valence-corrected chi connectivity index (χ4v) is 4.00. The lowest BCUT2D eigenvalue weighted by molar-refractivity contribution is 0.268. The number of aryl methyl sites for hydroxylation is 1. The summed E-state index contributed by atoms with van der Waals surface area (Å²) in [6, 6.07) is 20.3. The highest BCUT2D eigenvalue weighted by Gasteiger charge is 2.47. The van der Waals surface area contributed by atoms with Crippen LogP contribution in [0.4, 0.5) is 0 Å². The van der Waals surface area contributed by atoms with Crippen molar-refractivity contribution in [2.24, 2.45) is 5.92 Å². The summed E-state index contributed by atoms with van der Waals surface area (Å²) in [5.74, 6) is 1.16. The zero-order chi connectivity index (χ0) is 19.6. The van der Waals surface area contributed by atoms with E-state index in [0.29, 0.717) is 25.4 Å². The van der Waals surface area contributed by atoms with Crippen LogP contribution in [0.1, 0.15) is 37.3 Å². The minimum Gasteiger partial charge on any atom is -0.494 e. The molecule has 1 atom stereocenters. The van der Waals surface area contributed by atoms with Gasteiger partial charge >= 0.3 is 0 Å². The van der Waals surface area contributed by atoms with E-state index in [1.54, 1.807) is 0 Å². The van der Waals surface area contributed by atoms with Gasteiger partial charge in [-0.1, -0.05) is 37.3 Å². The van der Waals surface area contributed by atoms with Gasteiger partial charge < -0.3 is 9.72 Å². The first-order valence-electron chi connectivity index (χ1n) is 9.92. The molecule has 4 heteroatoms. The number of hydrogen-bond donors (Lipinski definition) is 1. The maximum Gasteiger partial charge on any atom is 0.251 e. The number of nitrogens with one attached hydrogen (secondary N) is 1. The van der Waals surface area contributed by atoms with E-state index in [9.17, 15) is 10.1 Å². The van der Waals surface area contributed by atoms with Crippen LogP contribution in [-0.2, 0) is 11.8 Å². The van der Waals surface area contributed by atoms with Gasteiger partial charge in [0, 0.05) is 17.5 Å². The van der Waals surface area contributed by atoms with E-state index < -0.39 is 5.41 Å². The minimum absolute atomic E-state index is 0.0476. The molecular formula is C24H24N2O2. The van der Waals surface area contributed by atoms with E-state index in [2.05, 4.69) is 11.1 Å². The lowest BCUT2D eigenvalue weighted by Gasteiger charge is -2.27. The van der Waals surface area contributed by atoms with Crippen molar-refractivity contribution < 1.29 is 4.74 Å². The summed E-state index contributed by atoms with van der Waals surface area (Å²) in [6.45, 7) is 2.46. The lowest BCUT2D eigenvalue weighted by Crippen LogP contribution is -2.29. The Morgan fingerprint density at radius 2 is 1.96 bits per heavy atom. The Morgan fingerprint density at radius 3 is 2.64 bits per heavy atom. The summed E-state index contributed by atoms with van der Waals surface area (Å²) in [7, 11) is 0. The topological polar surface area (TPSA) is 65.9 Å². The number of ether oxygens (including phenoxy) is 1. The van der Waals surface area contributed by atoms with Gasteiger partial charge in [0.25, 0.3) is 5.56 Å². The molecule has 142 valence electrons. The average Bonchev–Trinajstić information content (AvgIpc) is 3.57. The van der Waals surface area contributed by atoms with Crippen molar-refractivity contribution in [3.05, 3.63) is 76.1 Å². The van der Waals surface area contributed by atoms with E-state index in [0.717, 1.165) is 40.6 Å². The predicted octanol–water partition coefficient (Wildman–Crippen LogP) is 4.73. The van der Waals surface area contributed by atoms with Gasteiger partial charge in [-0.15, -0.1) is 0 Å². The molecule has 0 spiro atoms. The van der Waals surface area contributed by atoms with Crippen molar-refractivity contribution >= 4 is 10.9 Å². The molecule has 1 N–H and O–H groups in total. The van der Waals surface area contributed by atoms with Crippen molar-refractivity contribution in [3.63, 3.8) is 0 Å². The second kappa shape index (κ2) is 7.52. The Hall–Kier alpha value is -3.06. The monoisotopic (exact) mass is 372 g/mol. The largest absolute Gasteiger partial charge is 0.494 e. The second-order valence-electron chi connectivity index (χ2n) is 7.55. The van der Waals surface area contributed by atoms with E-state index in [1.165, 1.54) is 0 Å². The van der Waals surface area contributed by atoms with Gasteiger partial charge in [-0.3, -0.25) is 4.79 Å². The Balaban J connectivity index is 1.65. The molecule has 1 aromatic heterocycles. The fourth-order valence-electron chi connectivity index (χ4n) is 4.00. The van der Waals surface area contributed by atoms with Gasteiger partial charge in [0.1, 0.15) is 5.75 Å². The van der Waals surface area contributed by atoms with Crippen LogP contribution in [0.25, 0.3) is 10.9 Å². The van der Waals surface area contributed by atoms with Crippen LogP contribution in [0.5, 0.6) is 5.75 Å². The first kappa shape index (κ1) is 18.3. The molecule has 1 fully saturated rings. The third-order valence-electron chi connectivity index (χ3n) is 5.80. The van der Waals surface area contributed by atoms with Crippen molar-refractivity contribution in [3.8, 4) is 11.8 Å². The summed E-state index contributed by atoms with van der Waals surface area (Å²) in [5.41, 5.74) is 1.92. The first-order chi connectivity index (χ1) is 13.7. The van der Waals surface area contributed by atoms with Crippen molar-refractivity contribution in [1.82, 2.24) is 4.98 Å². The highest BCUT2D eigenvalue weighted by Crippen LogP contribution is 2.49. The molecule has 0 aliphatic heterocycles. The van der Waals surface area contributed by atoms with Crippen LogP contribution >= 0.6 is 0 Å². The minimum atomic E-state index is -0.580. The van der Waals surface area contributed by atoms with E-state index >= 15 is 0 Å². The summed E-state index contributed by atoms with van der Waals surface area (Å²) >= 11 is 0. The number of para-hydroxylation sites is 1. The Labute approximate surface area is 164 Å². The maximum absolute atomic E-state index is 12.2. The quantitative estimate of drug-likeness (QED) is 0.652. The molecule has 1 aliphatic carbocycles. The van der Waals surface area contributed by atoms with Crippen LogP contribution < -0.4 is 10.3 Å². The number of nitrogens with zero attached hydrogens (tertiary/aromatic N) is 1. The van der Waals surface area contributed by atoms with E-state index in [1.807, 2.05) is 61.5 Å². The van der Waals surface area contributed by atoms with Crippen molar-refractivity contribution in [2.75, 3.05) is 6.61 Å². The van der Waals surface area contributed by atoms with Crippen LogP contribution in [0.2, 0.25) is 0 Å². The summed E-state index contributed by atoms with van der Waals surface area (Å²) < 4.78 is 5.89. The molecule has 0 radical (unpaired) electrons. The van der Waals surface area contributed by atoms with Gasteiger partial charge in [0.2, 0.25) is 0 Å². The second-order valence-corrected chi connectivity index (χ2v) is 7.55. The molecule has 0 bridgehead atoms. The van der Waals surface area contributed by atoms with E-state index in [4.69, 9.17) is 4.74 Å². The molecule has 0 amide bonds. The zero-order valence-electron chi connectivity index (χ0n) is 16.1. The van der Waals surface area contributed by atoms with Gasteiger partial charge in [-0.2, -0.15) is 5.26 Å². The zero-order valence-corrected chi connectivity index (χ0v) is 16.1. The molecule has 4 nitrogen and oxygen atoms in total. The Morgan fingerprint density at radius 1 is 1.18 bits per heavy atom. The van der Waals surface area contributed by atoms with Gasteiger partial charge in [0.05, 0.1) is 18.1 Å². The average molecular weight is 372 g/mol. The highest BCUT2D eigenvalue weighted by atomic mass is 16.5. The Kier molecular flexibility index (Phi) is 4.92. The number of aromatic nitrogens is 1. The third kappa shape index (κ3) is 3.41. The molecule has 1 aliphatic rings. The van der Waals surface area contributed by atoms with Crippen LogP contribution in [-0.4, -0.2) is 11.6 Å². The number of hydrogen-bond acceptors (Lipinski definition) is 3. The van der Waals surface area contributed by atoms with Crippen molar-refractivity contribution in [2.45, 2.75) is 38.0 Å². The summed E-state index contributed by atoms with van der Waals surface area (Å²) in [6.07, 6.45) is 3.45. The van der Waals surface area contributed by atoms with Gasteiger partial charge in [-0.05, 0) is 60.4 Å². The van der Waals surface area contributed by atoms with E-state index in [-0.39, 0.29) is 5.56 Å². The highest BCUT2D eigenvalue weighted by molar-refractivity contribution is 5.80. The number of benzene rings is 2. The number of aromatic amines is 1. The number of rotatable bonds is 7. The van der Waals surface area contributed by atoms with Crippen LogP contribution in [0.3, 0.4) is 0 Å². The predicted molar refractivity (Wildman–Crippen MR) is 111 cm³/mol. The number of pyridine rings is 1. The first-order valence-corrected chi connectivity index (χ1v) is 9.92. The molecule has 1 heterocycles. The number of fused-ring (bicyclic) bond motifs is 1. The number of nitriles is 1. The van der Waals surface area contributed by atoms with Crippen LogP contribution in [0.15, 0.2) is 59.4 Å². The van der Waals surface area contributed by atoms with Gasteiger partial charge in [0.15, 0.2) is 0 Å². The third-order valence-corrected chi connectivity index (χ3v) is 5.80. The Bertz CT molecular complexity index is 1080. The van der Waals surface area contributed by atoms with Crippen LogP contribution in [0, 0.1) is 17.2 Å². The standard InChI is InChI=1S/C24H24N2O2/c1-2-17-14-18-8-9-20(15-22(18)26-23(17)27)24(16-25,19-10-11-19)12-13-28-21-6-4-3-5-7-21/h3-9,14-15,19H,2,10-13H2,1H3,(H,26,27). The smallest absolute Gasteiger partial charge is 0.251 e. The molecule has 4 rings (SSSR count). The number of H-pyrrole nitrogens is 1. The van der Waals surface area contributed by atoms with Gasteiger partial charge in [-0.25, -0.2) is 0 Å². The molecule has 3 aromatic rings. The molecule has 1 saturated carbocycles. The summed E-state index contributed by atoms with van der Waals surface area (Å²) in [5, 5.41) is 11.2. The normalized spacial score (nSPS) is 15.7. The maximum atomic E-state index is 12.2. The fraction of sp³-hybridized carbons (Fsp3) is 0.333. The molecule has 1 unspecified atom stereocenters.